The lowest BCUT2D eigenvalue weighted by Gasteiger charge is -2.27. The van der Waals surface area contributed by atoms with Crippen molar-refractivity contribution in [2.45, 2.75) is 15.7 Å². The van der Waals surface area contributed by atoms with Crippen LogP contribution in [0.3, 0.4) is 0 Å². The Balaban J connectivity index is 2.18. The number of carboxylic acid groups (broad SMARTS) is 1. The highest BCUT2D eigenvalue weighted by Crippen LogP contribution is 2.64. The van der Waals surface area contributed by atoms with Gasteiger partial charge in [0.15, 0.2) is 5.16 Å². The van der Waals surface area contributed by atoms with Gasteiger partial charge in [0.25, 0.3) is 0 Å². The number of carboxylic acids is 1. The van der Waals surface area contributed by atoms with Crippen molar-refractivity contribution < 1.29 is 37.7 Å². The van der Waals surface area contributed by atoms with E-state index < -0.39 is 19.2 Å². The van der Waals surface area contributed by atoms with Crippen LogP contribution >= 0.6 is 31.0 Å². The van der Waals surface area contributed by atoms with Crippen molar-refractivity contribution in [1.82, 2.24) is 9.97 Å². The molecule has 0 bridgehead atoms. The Labute approximate surface area is 217 Å². The third-order valence-corrected chi connectivity index (χ3v) is 8.74. The molecule has 1 unspecified atom stereocenters. The molecule has 0 aliphatic rings. The lowest BCUT2D eigenvalue weighted by atomic mass is 10.0. The molecule has 0 spiro atoms. The molecule has 0 radical (unpaired) electrons. The normalized spacial score (nSPS) is 12.2. The van der Waals surface area contributed by atoms with Crippen LogP contribution in [0.25, 0.3) is 0 Å². The van der Waals surface area contributed by atoms with Crippen molar-refractivity contribution in [3.05, 3.63) is 64.2 Å². The zero-order valence-electron chi connectivity index (χ0n) is 20.1. The van der Waals surface area contributed by atoms with Crippen LogP contribution in [-0.2, 0) is 13.6 Å². The van der Waals surface area contributed by atoms with Crippen LogP contribution in [0.2, 0.25) is 5.02 Å². The maximum atomic E-state index is 13.6. The van der Waals surface area contributed by atoms with E-state index in [1.54, 1.807) is 30.3 Å². The number of methoxy groups -OCH3 is 3. The molecule has 0 amide bonds. The molecule has 1 atom stereocenters. The fourth-order valence-electron chi connectivity index (χ4n) is 3.41. The first-order chi connectivity index (χ1) is 17.2. The molecule has 0 fully saturated rings. The number of halogens is 1. The highest BCUT2D eigenvalue weighted by Gasteiger charge is 2.39. The molecule has 1 N–H and O–H groups in total. The van der Waals surface area contributed by atoms with Gasteiger partial charge in [-0.15, -0.1) is 0 Å². The average molecular weight is 555 g/mol. The first kappa shape index (κ1) is 27.8. The highest BCUT2D eigenvalue weighted by atomic mass is 35.5. The van der Waals surface area contributed by atoms with Crippen LogP contribution in [0, 0.1) is 0 Å². The van der Waals surface area contributed by atoms with Crippen LogP contribution in [0.1, 0.15) is 27.1 Å². The topological polar surface area (TPSA) is 126 Å². The van der Waals surface area contributed by atoms with Crippen molar-refractivity contribution >= 4 is 36.9 Å². The number of aromatic carboxylic acids is 1. The van der Waals surface area contributed by atoms with Crippen LogP contribution in [0.15, 0.2) is 52.5 Å². The fraction of sp³-hybridized carbons (Fsp3) is 0.261. The maximum absolute atomic E-state index is 13.6. The second-order valence-electron chi connectivity index (χ2n) is 7.07. The minimum Gasteiger partial charge on any atom is -0.497 e. The Morgan fingerprint density at radius 2 is 1.53 bits per heavy atom. The van der Waals surface area contributed by atoms with E-state index >= 15 is 0 Å². The third-order valence-electron chi connectivity index (χ3n) is 5.18. The summed E-state index contributed by atoms with van der Waals surface area (Å²) in [4.78, 5) is 21.0. The molecular weight excluding hydrogens is 531 g/mol. The third kappa shape index (κ3) is 5.77. The maximum Gasteiger partial charge on any atom is 0.341 e. The van der Waals surface area contributed by atoms with Gasteiger partial charge in [-0.3, -0.25) is 4.57 Å². The molecule has 0 saturated carbocycles. The Bertz CT molecular complexity index is 1260. The Morgan fingerprint density at radius 3 is 2.00 bits per heavy atom. The molecule has 0 aliphatic carbocycles. The van der Waals surface area contributed by atoms with Crippen LogP contribution in [0.4, 0.5) is 0 Å². The monoisotopic (exact) mass is 554 g/mol. The number of hydrogen-bond donors (Lipinski definition) is 1. The van der Waals surface area contributed by atoms with Crippen molar-refractivity contribution in [1.29, 1.82) is 0 Å². The van der Waals surface area contributed by atoms with E-state index in [0.717, 1.165) is 11.8 Å². The molecule has 0 saturated heterocycles. The van der Waals surface area contributed by atoms with Gasteiger partial charge in [0.2, 0.25) is 11.8 Å². The number of hydrogen-bond acceptors (Lipinski definition) is 10. The van der Waals surface area contributed by atoms with Gasteiger partial charge in [-0.2, -0.15) is 9.97 Å². The number of aromatic nitrogens is 2. The summed E-state index contributed by atoms with van der Waals surface area (Å²) < 4.78 is 39.7. The van der Waals surface area contributed by atoms with Gasteiger partial charge in [-0.05, 0) is 41.1 Å². The molecule has 13 heteroatoms. The summed E-state index contributed by atoms with van der Waals surface area (Å²) in [7, 11) is 3.09. The van der Waals surface area contributed by atoms with Gasteiger partial charge in [-0.25, -0.2) is 4.79 Å². The second-order valence-corrected chi connectivity index (χ2v) is 10.8. The molecule has 10 nitrogen and oxygen atoms in total. The van der Waals surface area contributed by atoms with Gasteiger partial charge in [0.1, 0.15) is 11.4 Å². The van der Waals surface area contributed by atoms with E-state index in [2.05, 4.69) is 9.97 Å². The van der Waals surface area contributed by atoms with E-state index in [1.165, 1.54) is 47.7 Å². The number of nitrogens with zero attached hydrogens (tertiary/aromatic N) is 2. The number of ether oxygens (including phenoxy) is 3. The molecule has 1 heterocycles. The quantitative estimate of drug-likeness (QED) is 0.236. The van der Waals surface area contributed by atoms with E-state index in [-0.39, 0.29) is 38.0 Å². The first-order valence-corrected chi connectivity index (χ1v) is 13.1. The first-order valence-electron chi connectivity index (χ1n) is 10.3. The number of benzene rings is 2. The standard InChI is InChI=1S/C23H24ClN2O8PS/c1-30-14-8-6-13(7-9-14)21(35(29,33-4)34-5)15-10-11-16(19(20(15)24)22(27)28)36-23-25-17(31-2)12-18(26-23)32-3/h6-12,21H,1-5H3,(H,27,28). The molecule has 3 rings (SSSR count). The SMILES string of the molecule is COc1ccc(C(c2ccc(Sc3nc(OC)cc(OC)n3)c(C(=O)O)c2Cl)P(=O)(OC)OC)cc1. The zero-order valence-corrected chi connectivity index (χ0v) is 22.5. The molecular formula is C23H24ClN2O8PS. The lowest BCUT2D eigenvalue weighted by Crippen LogP contribution is -2.10. The molecule has 3 aromatic rings. The number of rotatable bonds is 11. The Hall–Kier alpha value is -2.82. The smallest absolute Gasteiger partial charge is 0.341 e. The van der Waals surface area contributed by atoms with Crippen molar-refractivity contribution in [3.8, 4) is 17.5 Å². The van der Waals surface area contributed by atoms with E-state index in [1.807, 2.05) is 0 Å². The average Bonchev–Trinajstić information content (AvgIpc) is 2.89. The minimum absolute atomic E-state index is 0.127. The summed E-state index contributed by atoms with van der Waals surface area (Å²) in [5.41, 5.74) is -0.458. The molecule has 1 aromatic heterocycles. The van der Waals surface area contributed by atoms with E-state index in [4.69, 9.17) is 34.9 Å². The minimum atomic E-state index is -3.82. The van der Waals surface area contributed by atoms with Crippen LogP contribution in [-0.4, -0.2) is 56.6 Å². The molecule has 36 heavy (non-hydrogen) atoms. The van der Waals surface area contributed by atoms with Gasteiger partial charge in [0, 0.05) is 19.1 Å². The summed E-state index contributed by atoms with van der Waals surface area (Å²) in [6.07, 6.45) is 0. The molecule has 2 aromatic carbocycles. The predicted molar refractivity (Wildman–Crippen MR) is 134 cm³/mol. The predicted octanol–water partition coefficient (Wildman–Crippen LogP) is 5.58. The zero-order chi connectivity index (χ0) is 26.5. The van der Waals surface area contributed by atoms with Crippen molar-refractivity contribution in [2.24, 2.45) is 0 Å². The Kier molecular flexibility index (Phi) is 9.21. The molecule has 0 aliphatic heterocycles. The van der Waals surface area contributed by atoms with Gasteiger partial charge in [0.05, 0.1) is 38.0 Å². The summed E-state index contributed by atoms with van der Waals surface area (Å²) in [5, 5.41) is 10.1. The number of carbonyl (C=O) groups is 1. The van der Waals surface area contributed by atoms with Crippen molar-refractivity contribution in [3.63, 3.8) is 0 Å². The Morgan fingerprint density at radius 1 is 0.944 bits per heavy atom. The highest BCUT2D eigenvalue weighted by molar-refractivity contribution is 7.99. The van der Waals surface area contributed by atoms with E-state index in [0.29, 0.717) is 11.3 Å². The largest absolute Gasteiger partial charge is 0.497 e. The van der Waals surface area contributed by atoms with Gasteiger partial charge >= 0.3 is 13.6 Å². The van der Waals surface area contributed by atoms with Gasteiger partial charge in [-0.1, -0.05) is 29.8 Å². The second kappa shape index (κ2) is 11.9. The lowest BCUT2D eigenvalue weighted by molar-refractivity contribution is 0.0693. The van der Waals surface area contributed by atoms with Crippen LogP contribution in [0.5, 0.6) is 17.5 Å². The fourth-order valence-corrected chi connectivity index (χ4v) is 6.46. The molecule has 192 valence electrons. The summed E-state index contributed by atoms with van der Waals surface area (Å²) in [6.45, 7) is 0. The van der Waals surface area contributed by atoms with Crippen LogP contribution < -0.4 is 14.2 Å². The van der Waals surface area contributed by atoms with Crippen molar-refractivity contribution in [2.75, 3.05) is 35.5 Å². The van der Waals surface area contributed by atoms with Gasteiger partial charge < -0.3 is 28.4 Å². The summed E-state index contributed by atoms with van der Waals surface area (Å²) in [5.74, 6) is -0.230. The summed E-state index contributed by atoms with van der Waals surface area (Å²) in [6, 6.07) is 11.3. The van der Waals surface area contributed by atoms with E-state index in [9.17, 15) is 14.5 Å². The summed E-state index contributed by atoms with van der Waals surface area (Å²) >= 11 is 7.63.